The van der Waals surface area contributed by atoms with E-state index >= 15 is 0 Å². The second-order valence-corrected chi connectivity index (χ2v) is 7.78. The fourth-order valence-electron chi connectivity index (χ4n) is 1.91. The SMILES string of the molecule is CC(C)CCCSC(C)(C)c1ccc(CS)cc1. The lowest BCUT2D eigenvalue weighted by Crippen LogP contribution is -2.13. The van der Waals surface area contributed by atoms with Crippen LogP contribution >= 0.6 is 24.4 Å². The predicted molar refractivity (Wildman–Crippen MR) is 88.7 cm³/mol. The zero-order valence-electron chi connectivity index (χ0n) is 12.1. The van der Waals surface area contributed by atoms with Crippen molar-refractivity contribution in [3.8, 4) is 0 Å². The highest BCUT2D eigenvalue weighted by atomic mass is 32.2. The first kappa shape index (κ1) is 16.0. The molecule has 1 aromatic carbocycles. The van der Waals surface area contributed by atoms with Gasteiger partial charge in [0.1, 0.15) is 0 Å². The Kier molecular flexibility index (Phi) is 6.65. The van der Waals surface area contributed by atoms with Crippen molar-refractivity contribution in [3.63, 3.8) is 0 Å². The number of thiol groups is 1. The van der Waals surface area contributed by atoms with E-state index in [1.54, 1.807) is 0 Å². The van der Waals surface area contributed by atoms with Crippen LogP contribution < -0.4 is 0 Å². The molecule has 0 aliphatic rings. The summed E-state index contributed by atoms with van der Waals surface area (Å²) in [7, 11) is 0. The van der Waals surface area contributed by atoms with Crippen molar-refractivity contribution in [3.05, 3.63) is 35.4 Å². The fourth-order valence-corrected chi connectivity index (χ4v) is 3.25. The lowest BCUT2D eigenvalue weighted by molar-refractivity contribution is 0.578. The first-order chi connectivity index (χ1) is 8.45. The summed E-state index contributed by atoms with van der Waals surface area (Å²) in [6, 6.07) is 8.89. The second kappa shape index (κ2) is 7.49. The normalized spacial score (nSPS) is 12.1. The van der Waals surface area contributed by atoms with E-state index in [0.29, 0.717) is 0 Å². The molecule has 0 spiro atoms. The summed E-state index contributed by atoms with van der Waals surface area (Å²) in [6.45, 7) is 9.24. The Balaban J connectivity index is 2.50. The van der Waals surface area contributed by atoms with E-state index in [4.69, 9.17) is 0 Å². The Morgan fingerprint density at radius 3 is 2.28 bits per heavy atom. The summed E-state index contributed by atoms with van der Waals surface area (Å²) in [5.41, 5.74) is 2.71. The number of hydrogen-bond donors (Lipinski definition) is 1. The second-order valence-electron chi connectivity index (χ2n) is 5.75. The van der Waals surface area contributed by atoms with E-state index < -0.39 is 0 Å². The van der Waals surface area contributed by atoms with Gasteiger partial charge in [-0.3, -0.25) is 0 Å². The first-order valence-electron chi connectivity index (χ1n) is 6.80. The summed E-state index contributed by atoms with van der Waals surface area (Å²) in [6.07, 6.45) is 2.65. The van der Waals surface area contributed by atoms with Crippen LogP contribution in [0.4, 0.5) is 0 Å². The minimum atomic E-state index is 0.214. The van der Waals surface area contributed by atoms with Gasteiger partial charge in [-0.2, -0.15) is 24.4 Å². The summed E-state index contributed by atoms with van der Waals surface area (Å²) >= 11 is 6.37. The Bertz CT molecular complexity index is 339. The third kappa shape index (κ3) is 5.27. The molecule has 0 bridgehead atoms. The van der Waals surface area contributed by atoms with Crippen LogP contribution in [0.15, 0.2) is 24.3 Å². The molecule has 0 fully saturated rings. The lowest BCUT2D eigenvalue weighted by atomic mass is 10.0. The van der Waals surface area contributed by atoms with Gasteiger partial charge in [0.25, 0.3) is 0 Å². The molecule has 0 saturated carbocycles. The Morgan fingerprint density at radius 2 is 1.78 bits per heavy atom. The molecule has 0 unspecified atom stereocenters. The van der Waals surface area contributed by atoms with Gasteiger partial charge in [-0.15, -0.1) is 0 Å². The van der Waals surface area contributed by atoms with Gasteiger partial charge < -0.3 is 0 Å². The summed E-state index contributed by atoms with van der Waals surface area (Å²) in [4.78, 5) is 0. The van der Waals surface area contributed by atoms with Crippen molar-refractivity contribution >= 4 is 24.4 Å². The van der Waals surface area contributed by atoms with Crippen LogP contribution in [-0.2, 0) is 10.5 Å². The van der Waals surface area contributed by atoms with Crippen LogP contribution in [0.5, 0.6) is 0 Å². The number of hydrogen-bond acceptors (Lipinski definition) is 2. The smallest absolute Gasteiger partial charge is 0.0352 e. The highest BCUT2D eigenvalue weighted by Crippen LogP contribution is 2.36. The summed E-state index contributed by atoms with van der Waals surface area (Å²) in [5.74, 6) is 2.89. The number of rotatable bonds is 7. The van der Waals surface area contributed by atoms with Crippen LogP contribution in [0.3, 0.4) is 0 Å². The quantitative estimate of drug-likeness (QED) is 0.507. The molecule has 0 radical (unpaired) electrons. The van der Waals surface area contributed by atoms with Crippen LogP contribution in [-0.4, -0.2) is 5.75 Å². The molecule has 0 atom stereocenters. The minimum absolute atomic E-state index is 0.214. The highest BCUT2D eigenvalue weighted by molar-refractivity contribution is 8.00. The van der Waals surface area contributed by atoms with Gasteiger partial charge in [0.2, 0.25) is 0 Å². The highest BCUT2D eigenvalue weighted by Gasteiger charge is 2.20. The average Bonchev–Trinajstić information content (AvgIpc) is 2.34. The Morgan fingerprint density at radius 1 is 1.17 bits per heavy atom. The molecule has 0 saturated heterocycles. The van der Waals surface area contributed by atoms with Gasteiger partial charge in [0.05, 0.1) is 0 Å². The van der Waals surface area contributed by atoms with Crippen LogP contribution in [0.25, 0.3) is 0 Å². The van der Waals surface area contributed by atoms with Crippen molar-refractivity contribution in [2.24, 2.45) is 5.92 Å². The van der Waals surface area contributed by atoms with Crippen molar-refractivity contribution in [1.82, 2.24) is 0 Å². The van der Waals surface area contributed by atoms with E-state index in [0.717, 1.165) is 11.7 Å². The zero-order chi connectivity index (χ0) is 13.6. The van der Waals surface area contributed by atoms with E-state index in [1.165, 1.54) is 29.7 Å². The van der Waals surface area contributed by atoms with E-state index in [1.807, 2.05) is 0 Å². The van der Waals surface area contributed by atoms with Crippen molar-refractivity contribution in [2.75, 3.05) is 5.75 Å². The third-order valence-corrected chi connectivity index (χ3v) is 5.04. The average molecular weight is 283 g/mol. The largest absolute Gasteiger partial charge is 0.175 e. The number of benzene rings is 1. The molecule has 0 amide bonds. The molecule has 1 aromatic rings. The molecule has 18 heavy (non-hydrogen) atoms. The molecule has 1 rings (SSSR count). The van der Waals surface area contributed by atoms with E-state index in [9.17, 15) is 0 Å². The molecule has 102 valence electrons. The molecule has 2 heteroatoms. The molecule has 0 aliphatic carbocycles. The molecular weight excluding hydrogens is 256 g/mol. The third-order valence-electron chi connectivity index (χ3n) is 3.22. The van der Waals surface area contributed by atoms with Gasteiger partial charge >= 0.3 is 0 Å². The zero-order valence-corrected chi connectivity index (χ0v) is 13.8. The van der Waals surface area contributed by atoms with E-state index in [2.05, 4.69) is 76.4 Å². The Hall–Kier alpha value is -0.0800. The van der Waals surface area contributed by atoms with E-state index in [-0.39, 0.29) is 4.75 Å². The standard InChI is InChI=1S/C16H26S2/c1-13(2)6-5-11-18-16(3,4)15-9-7-14(12-17)8-10-15/h7-10,13,17H,5-6,11-12H2,1-4H3. The maximum Gasteiger partial charge on any atom is 0.0352 e. The van der Waals surface area contributed by atoms with Gasteiger partial charge in [0.15, 0.2) is 0 Å². The van der Waals surface area contributed by atoms with Gasteiger partial charge in [-0.05, 0) is 43.1 Å². The van der Waals surface area contributed by atoms with Gasteiger partial charge in [0, 0.05) is 10.5 Å². The number of thioether (sulfide) groups is 1. The molecule has 0 aromatic heterocycles. The summed E-state index contributed by atoms with van der Waals surface area (Å²) < 4.78 is 0.214. The van der Waals surface area contributed by atoms with Gasteiger partial charge in [-0.1, -0.05) is 44.5 Å². The molecular formula is C16H26S2. The topological polar surface area (TPSA) is 0 Å². The molecule has 0 heterocycles. The maximum absolute atomic E-state index is 4.30. The van der Waals surface area contributed by atoms with Crippen molar-refractivity contribution in [1.29, 1.82) is 0 Å². The van der Waals surface area contributed by atoms with Gasteiger partial charge in [-0.25, -0.2) is 0 Å². The van der Waals surface area contributed by atoms with Crippen molar-refractivity contribution in [2.45, 2.75) is 51.0 Å². The first-order valence-corrected chi connectivity index (χ1v) is 8.41. The van der Waals surface area contributed by atoms with Crippen LogP contribution in [0.1, 0.15) is 51.7 Å². The summed E-state index contributed by atoms with van der Waals surface area (Å²) in [5, 5.41) is 0. The minimum Gasteiger partial charge on any atom is -0.175 e. The molecule has 0 N–H and O–H groups in total. The lowest BCUT2D eigenvalue weighted by Gasteiger charge is -2.25. The Labute approximate surface area is 122 Å². The predicted octanol–water partition coefficient (Wildman–Crippen LogP) is 5.52. The molecule has 0 nitrogen and oxygen atoms in total. The monoisotopic (exact) mass is 282 g/mol. The van der Waals surface area contributed by atoms with Crippen molar-refractivity contribution < 1.29 is 0 Å². The van der Waals surface area contributed by atoms with Crippen LogP contribution in [0, 0.1) is 5.92 Å². The maximum atomic E-state index is 4.30. The molecule has 0 aliphatic heterocycles. The fraction of sp³-hybridized carbons (Fsp3) is 0.625. The van der Waals surface area contributed by atoms with Crippen LogP contribution in [0.2, 0.25) is 0 Å².